The summed E-state index contributed by atoms with van der Waals surface area (Å²) in [7, 11) is 0. The molecular formula is C20H27FN2O2. The lowest BCUT2D eigenvalue weighted by molar-refractivity contribution is -0.137. The number of hydrogen-bond acceptors (Lipinski definition) is 2. The van der Waals surface area contributed by atoms with Crippen molar-refractivity contribution in [2.45, 2.75) is 44.9 Å². The highest BCUT2D eigenvalue weighted by Gasteiger charge is 2.32. The summed E-state index contributed by atoms with van der Waals surface area (Å²) in [5, 5.41) is 2.93. The maximum atomic E-state index is 13.6. The van der Waals surface area contributed by atoms with Crippen LogP contribution in [0.3, 0.4) is 0 Å². The van der Waals surface area contributed by atoms with Gasteiger partial charge in [-0.3, -0.25) is 9.59 Å². The summed E-state index contributed by atoms with van der Waals surface area (Å²) in [6, 6.07) is 6.66. The lowest BCUT2D eigenvalue weighted by Gasteiger charge is -2.29. The minimum atomic E-state index is -0.224. The van der Waals surface area contributed by atoms with Gasteiger partial charge in [-0.25, -0.2) is 4.39 Å². The van der Waals surface area contributed by atoms with E-state index in [1.807, 2.05) is 4.90 Å². The second-order valence-electron chi connectivity index (χ2n) is 7.21. The molecule has 1 aliphatic heterocycles. The molecule has 1 heterocycles. The van der Waals surface area contributed by atoms with Crippen molar-refractivity contribution in [3.8, 4) is 0 Å². The van der Waals surface area contributed by atoms with Gasteiger partial charge in [-0.15, -0.1) is 0 Å². The first-order valence-corrected chi connectivity index (χ1v) is 9.45. The van der Waals surface area contributed by atoms with E-state index in [4.69, 9.17) is 0 Å². The van der Waals surface area contributed by atoms with Gasteiger partial charge in [0.2, 0.25) is 11.8 Å². The molecule has 136 valence electrons. The molecule has 0 unspecified atom stereocenters. The minimum Gasteiger partial charge on any atom is -0.356 e. The molecule has 0 spiro atoms. The Labute approximate surface area is 148 Å². The summed E-state index contributed by atoms with van der Waals surface area (Å²) in [5.74, 6) is 0.195. The van der Waals surface area contributed by atoms with Crippen LogP contribution in [0.1, 0.15) is 44.1 Å². The van der Waals surface area contributed by atoms with Gasteiger partial charge in [0, 0.05) is 31.5 Å². The molecular weight excluding hydrogens is 319 g/mol. The molecule has 1 aromatic carbocycles. The highest BCUT2D eigenvalue weighted by atomic mass is 19.1. The zero-order chi connectivity index (χ0) is 17.6. The zero-order valence-corrected chi connectivity index (χ0v) is 14.7. The van der Waals surface area contributed by atoms with E-state index in [1.54, 1.807) is 18.2 Å². The van der Waals surface area contributed by atoms with Crippen molar-refractivity contribution in [1.82, 2.24) is 10.2 Å². The van der Waals surface area contributed by atoms with Crippen LogP contribution in [0.5, 0.6) is 0 Å². The van der Waals surface area contributed by atoms with E-state index >= 15 is 0 Å². The fraction of sp³-hybridized carbons (Fsp3) is 0.600. The van der Waals surface area contributed by atoms with Gasteiger partial charge in [-0.2, -0.15) is 0 Å². The van der Waals surface area contributed by atoms with E-state index in [-0.39, 0.29) is 29.5 Å². The van der Waals surface area contributed by atoms with Crippen LogP contribution in [-0.4, -0.2) is 36.3 Å². The highest BCUT2D eigenvalue weighted by molar-refractivity contribution is 5.81. The largest absolute Gasteiger partial charge is 0.356 e. The average molecular weight is 346 g/mol. The van der Waals surface area contributed by atoms with Gasteiger partial charge in [0.05, 0.1) is 0 Å². The summed E-state index contributed by atoms with van der Waals surface area (Å²) in [6.07, 6.45) is 5.89. The number of amides is 2. The van der Waals surface area contributed by atoms with Crippen molar-refractivity contribution >= 4 is 11.8 Å². The lowest BCUT2D eigenvalue weighted by Crippen LogP contribution is -2.39. The van der Waals surface area contributed by atoms with E-state index in [0.717, 1.165) is 51.6 Å². The number of hydrogen-bond donors (Lipinski definition) is 1. The number of nitrogens with one attached hydrogen (secondary N) is 1. The molecule has 1 saturated heterocycles. The third-order valence-electron chi connectivity index (χ3n) is 5.52. The molecule has 1 N–H and O–H groups in total. The quantitative estimate of drug-likeness (QED) is 0.891. The van der Waals surface area contributed by atoms with Crippen LogP contribution in [0.15, 0.2) is 24.3 Å². The number of likely N-dealkylation sites (tertiary alicyclic amines) is 1. The van der Waals surface area contributed by atoms with Crippen molar-refractivity contribution in [3.05, 3.63) is 35.6 Å². The molecule has 3 rings (SSSR count). The highest BCUT2D eigenvalue weighted by Crippen LogP contribution is 2.31. The maximum Gasteiger partial charge on any atom is 0.225 e. The standard InChI is InChI=1S/C20H27FN2O2/c21-18-6-2-1-5-15(18)11-12-22-19(24)16-7-9-17(10-8-16)20(25)23-13-3-4-14-23/h1-2,5-6,16-17H,3-4,7-14H2,(H,22,24). The van der Waals surface area contributed by atoms with Gasteiger partial charge in [0.1, 0.15) is 5.82 Å². The SMILES string of the molecule is O=C(NCCc1ccccc1F)C1CCC(C(=O)N2CCCC2)CC1. The van der Waals surface area contributed by atoms with Crippen LogP contribution in [0.4, 0.5) is 4.39 Å². The van der Waals surface area contributed by atoms with Crippen molar-refractivity contribution < 1.29 is 14.0 Å². The maximum absolute atomic E-state index is 13.6. The van der Waals surface area contributed by atoms with Gasteiger partial charge in [-0.05, 0) is 56.6 Å². The van der Waals surface area contributed by atoms with Crippen LogP contribution in [-0.2, 0) is 16.0 Å². The Hall–Kier alpha value is -1.91. The van der Waals surface area contributed by atoms with Gasteiger partial charge in [0.25, 0.3) is 0 Å². The van der Waals surface area contributed by atoms with Crippen molar-refractivity contribution in [2.24, 2.45) is 11.8 Å². The predicted octanol–water partition coefficient (Wildman–Crippen LogP) is 2.91. The fourth-order valence-electron chi connectivity index (χ4n) is 3.96. The third-order valence-corrected chi connectivity index (χ3v) is 5.52. The molecule has 1 aliphatic carbocycles. The number of rotatable bonds is 5. The first kappa shape index (κ1) is 17.9. The topological polar surface area (TPSA) is 49.4 Å². The summed E-state index contributed by atoms with van der Waals surface area (Å²) >= 11 is 0. The number of carbonyl (C=O) groups excluding carboxylic acids is 2. The molecule has 2 aliphatic rings. The number of halogens is 1. The van der Waals surface area contributed by atoms with E-state index in [2.05, 4.69) is 5.32 Å². The van der Waals surface area contributed by atoms with Gasteiger partial charge >= 0.3 is 0 Å². The molecule has 2 fully saturated rings. The normalized spacial score (nSPS) is 23.5. The molecule has 4 nitrogen and oxygen atoms in total. The second kappa shape index (κ2) is 8.45. The van der Waals surface area contributed by atoms with Gasteiger partial charge in [-0.1, -0.05) is 18.2 Å². The number of carbonyl (C=O) groups is 2. The fourth-order valence-corrected chi connectivity index (χ4v) is 3.96. The predicted molar refractivity (Wildman–Crippen MR) is 94.4 cm³/mol. The molecule has 25 heavy (non-hydrogen) atoms. The Kier molecular flexibility index (Phi) is 6.05. The molecule has 0 bridgehead atoms. The van der Waals surface area contributed by atoms with Crippen LogP contribution in [0.25, 0.3) is 0 Å². The molecule has 0 aromatic heterocycles. The lowest BCUT2D eigenvalue weighted by atomic mass is 9.81. The van der Waals surface area contributed by atoms with E-state index in [0.29, 0.717) is 18.5 Å². The molecule has 2 amide bonds. The second-order valence-corrected chi connectivity index (χ2v) is 7.21. The average Bonchev–Trinajstić information content (AvgIpc) is 3.17. The van der Waals surface area contributed by atoms with Crippen LogP contribution in [0.2, 0.25) is 0 Å². The molecule has 1 saturated carbocycles. The summed E-state index contributed by atoms with van der Waals surface area (Å²) in [4.78, 5) is 26.7. The Balaban J connectivity index is 1.39. The first-order chi connectivity index (χ1) is 12.1. The van der Waals surface area contributed by atoms with Crippen molar-refractivity contribution in [1.29, 1.82) is 0 Å². The van der Waals surface area contributed by atoms with Gasteiger partial charge in [0.15, 0.2) is 0 Å². The molecule has 0 radical (unpaired) electrons. The Morgan fingerprint density at radius 3 is 2.36 bits per heavy atom. The number of nitrogens with zero attached hydrogens (tertiary/aromatic N) is 1. The van der Waals surface area contributed by atoms with Crippen LogP contribution < -0.4 is 5.32 Å². The van der Waals surface area contributed by atoms with E-state index in [9.17, 15) is 14.0 Å². The zero-order valence-electron chi connectivity index (χ0n) is 14.7. The monoisotopic (exact) mass is 346 g/mol. The smallest absolute Gasteiger partial charge is 0.225 e. The molecule has 5 heteroatoms. The van der Waals surface area contributed by atoms with Gasteiger partial charge < -0.3 is 10.2 Å². The third kappa shape index (κ3) is 4.59. The first-order valence-electron chi connectivity index (χ1n) is 9.45. The number of benzene rings is 1. The van der Waals surface area contributed by atoms with Crippen molar-refractivity contribution in [2.75, 3.05) is 19.6 Å². The summed E-state index contributed by atoms with van der Waals surface area (Å²) in [5.41, 5.74) is 0.628. The van der Waals surface area contributed by atoms with E-state index in [1.165, 1.54) is 6.07 Å². The van der Waals surface area contributed by atoms with Crippen molar-refractivity contribution in [3.63, 3.8) is 0 Å². The Morgan fingerprint density at radius 2 is 1.68 bits per heavy atom. The molecule has 0 atom stereocenters. The summed E-state index contributed by atoms with van der Waals surface area (Å²) < 4.78 is 13.6. The van der Waals surface area contributed by atoms with Crippen LogP contribution >= 0.6 is 0 Å². The Bertz CT molecular complexity index is 605. The van der Waals surface area contributed by atoms with Crippen LogP contribution in [0, 0.1) is 17.7 Å². The minimum absolute atomic E-state index is 0.0109. The van der Waals surface area contributed by atoms with E-state index < -0.39 is 0 Å². The summed E-state index contributed by atoms with van der Waals surface area (Å²) in [6.45, 7) is 2.25. The Morgan fingerprint density at radius 1 is 1.04 bits per heavy atom. The molecule has 1 aromatic rings.